The summed E-state index contributed by atoms with van der Waals surface area (Å²) in [5.41, 5.74) is 2.79. The van der Waals surface area contributed by atoms with Gasteiger partial charge in [0.15, 0.2) is 0 Å². The van der Waals surface area contributed by atoms with Gasteiger partial charge in [-0.2, -0.15) is 0 Å². The van der Waals surface area contributed by atoms with Crippen molar-refractivity contribution in [3.05, 3.63) is 88.9 Å². The van der Waals surface area contributed by atoms with Crippen LogP contribution in [0.5, 0.6) is 0 Å². The first-order valence-electron chi connectivity index (χ1n) is 10.4. The predicted octanol–water partition coefficient (Wildman–Crippen LogP) is 4.67. The van der Waals surface area contributed by atoms with Crippen molar-refractivity contribution >= 4 is 38.9 Å². The van der Waals surface area contributed by atoms with Gasteiger partial charge in [0.1, 0.15) is 4.90 Å². The highest BCUT2D eigenvalue weighted by molar-refractivity contribution is 7.92. The van der Waals surface area contributed by atoms with Crippen molar-refractivity contribution in [1.82, 2.24) is 5.32 Å². The van der Waals surface area contributed by atoms with E-state index >= 15 is 0 Å². The Labute approximate surface area is 193 Å². The largest absolute Gasteiger partial charge is 0.372 e. The number of carbonyl (C=O) groups excluding carboxylic acids is 1. The standard InChI is InChI=1S/C24H24ClN3O3S/c25-22-13-10-19(16-23(22)32(30,31)27-20-6-2-1-3-7-20)24(29)26-17-18-8-11-21(12-9-18)28-14-4-5-15-28/h1-3,6-13,16,27H,4-5,14-15,17H2,(H,26,29). The highest BCUT2D eigenvalue weighted by Gasteiger charge is 2.20. The maximum Gasteiger partial charge on any atom is 0.263 e. The Hall–Kier alpha value is -3.03. The fraction of sp³-hybridized carbons (Fsp3) is 0.208. The highest BCUT2D eigenvalue weighted by Crippen LogP contribution is 2.25. The third-order valence-corrected chi connectivity index (χ3v) is 7.23. The van der Waals surface area contributed by atoms with Gasteiger partial charge in [-0.15, -0.1) is 0 Å². The summed E-state index contributed by atoms with van der Waals surface area (Å²) in [6.07, 6.45) is 2.44. The van der Waals surface area contributed by atoms with E-state index in [2.05, 4.69) is 27.1 Å². The number of para-hydroxylation sites is 1. The molecular weight excluding hydrogens is 446 g/mol. The topological polar surface area (TPSA) is 78.5 Å². The van der Waals surface area contributed by atoms with Crippen LogP contribution in [0.2, 0.25) is 5.02 Å². The maximum absolute atomic E-state index is 12.8. The zero-order chi connectivity index (χ0) is 22.6. The van der Waals surface area contributed by atoms with Gasteiger partial charge >= 0.3 is 0 Å². The van der Waals surface area contributed by atoms with E-state index in [-0.39, 0.29) is 21.4 Å². The number of nitrogens with zero attached hydrogens (tertiary/aromatic N) is 1. The lowest BCUT2D eigenvalue weighted by Crippen LogP contribution is -2.23. The van der Waals surface area contributed by atoms with Crippen LogP contribution in [0.3, 0.4) is 0 Å². The Morgan fingerprint density at radius 2 is 1.62 bits per heavy atom. The van der Waals surface area contributed by atoms with Crippen molar-refractivity contribution in [2.45, 2.75) is 24.3 Å². The minimum Gasteiger partial charge on any atom is -0.372 e. The molecule has 1 amide bonds. The molecule has 8 heteroatoms. The first kappa shape index (κ1) is 22.2. The molecule has 0 aromatic heterocycles. The number of sulfonamides is 1. The second-order valence-corrected chi connectivity index (χ2v) is 9.72. The number of anilines is 2. The lowest BCUT2D eigenvalue weighted by Gasteiger charge is -2.17. The van der Waals surface area contributed by atoms with Crippen LogP contribution in [-0.4, -0.2) is 27.4 Å². The van der Waals surface area contributed by atoms with Crippen LogP contribution in [0.15, 0.2) is 77.7 Å². The van der Waals surface area contributed by atoms with E-state index in [1.54, 1.807) is 30.3 Å². The van der Waals surface area contributed by atoms with Crippen LogP contribution in [-0.2, 0) is 16.6 Å². The van der Waals surface area contributed by atoms with Gasteiger partial charge in [0, 0.05) is 36.6 Å². The molecule has 32 heavy (non-hydrogen) atoms. The van der Waals surface area contributed by atoms with Crippen LogP contribution in [0.1, 0.15) is 28.8 Å². The first-order chi connectivity index (χ1) is 15.4. The van der Waals surface area contributed by atoms with E-state index < -0.39 is 10.0 Å². The van der Waals surface area contributed by atoms with E-state index in [1.165, 1.54) is 36.7 Å². The minimum atomic E-state index is -3.95. The van der Waals surface area contributed by atoms with Crippen molar-refractivity contribution < 1.29 is 13.2 Å². The molecule has 1 aliphatic heterocycles. The lowest BCUT2D eigenvalue weighted by molar-refractivity contribution is 0.0950. The minimum absolute atomic E-state index is 0.0440. The number of hydrogen-bond acceptors (Lipinski definition) is 4. The number of benzene rings is 3. The number of rotatable bonds is 7. The number of amides is 1. The van der Waals surface area contributed by atoms with Crippen molar-refractivity contribution in [2.24, 2.45) is 0 Å². The normalized spacial score (nSPS) is 13.7. The quantitative estimate of drug-likeness (QED) is 0.527. The SMILES string of the molecule is O=C(NCc1ccc(N2CCCC2)cc1)c1ccc(Cl)c(S(=O)(=O)Nc2ccccc2)c1. The van der Waals surface area contributed by atoms with Crippen LogP contribution < -0.4 is 14.9 Å². The molecule has 1 saturated heterocycles. The molecule has 2 N–H and O–H groups in total. The Morgan fingerprint density at radius 3 is 2.31 bits per heavy atom. The lowest BCUT2D eigenvalue weighted by atomic mass is 10.1. The molecule has 0 saturated carbocycles. The molecule has 1 fully saturated rings. The summed E-state index contributed by atoms with van der Waals surface area (Å²) in [5, 5.41) is 2.89. The van der Waals surface area contributed by atoms with Crippen LogP contribution in [0.25, 0.3) is 0 Å². The van der Waals surface area contributed by atoms with Crippen molar-refractivity contribution in [2.75, 3.05) is 22.7 Å². The number of hydrogen-bond donors (Lipinski definition) is 2. The monoisotopic (exact) mass is 469 g/mol. The molecule has 0 radical (unpaired) electrons. The van der Waals surface area contributed by atoms with E-state index in [1.807, 2.05) is 12.1 Å². The average molecular weight is 470 g/mol. The number of carbonyl (C=O) groups is 1. The van der Waals surface area contributed by atoms with Gasteiger partial charge in [0.2, 0.25) is 0 Å². The van der Waals surface area contributed by atoms with Gasteiger partial charge in [0.25, 0.3) is 15.9 Å². The highest BCUT2D eigenvalue weighted by atomic mass is 35.5. The van der Waals surface area contributed by atoms with Gasteiger partial charge in [-0.25, -0.2) is 8.42 Å². The summed E-state index contributed by atoms with van der Waals surface area (Å²) in [6.45, 7) is 2.50. The van der Waals surface area contributed by atoms with E-state index in [0.29, 0.717) is 12.2 Å². The second-order valence-electron chi connectivity index (χ2n) is 7.66. The van der Waals surface area contributed by atoms with E-state index in [0.717, 1.165) is 18.7 Å². The molecule has 3 aromatic rings. The number of halogens is 1. The maximum atomic E-state index is 12.8. The zero-order valence-electron chi connectivity index (χ0n) is 17.4. The third kappa shape index (κ3) is 5.23. The van der Waals surface area contributed by atoms with Crippen LogP contribution >= 0.6 is 11.6 Å². The zero-order valence-corrected chi connectivity index (χ0v) is 19.0. The molecule has 1 heterocycles. The Morgan fingerprint density at radius 1 is 0.938 bits per heavy atom. The van der Waals surface area contributed by atoms with Gasteiger partial charge in [-0.05, 0) is 60.9 Å². The summed E-state index contributed by atoms with van der Waals surface area (Å²) >= 11 is 6.14. The van der Waals surface area contributed by atoms with Gasteiger partial charge in [-0.1, -0.05) is 41.9 Å². The number of nitrogens with one attached hydrogen (secondary N) is 2. The molecule has 6 nitrogen and oxygen atoms in total. The summed E-state index contributed by atoms with van der Waals surface area (Å²) in [5.74, 6) is -0.374. The summed E-state index contributed by atoms with van der Waals surface area (Å²) in [7, 11) is -3.95. The second kappa shape index (κ2) is 9.63. The third-order valence-electron chi connectivity index (χ3n) is 5.37. The molecule has 0 aliphatic carbocycles. The van der Waals surface area contributed by atoms with E-state index in [4.69, 9.17) is 11.6 Å². The van der Waals surface area contributed by atoms with Crippen molar-refractivity contribution in [3.63, 3.8) is 0 Å². The molecule has 1 aliphatic rings. The molecule has 0 unspecified atom stereocenters. The summed E-state index contributed by atoms with van der Waals surface area (Å²) in [4.78, 5) is 14.9. The molecule has 0 spiro atoms. The van der Waals surface area contributed by atoms with Gasteiger partial charge in [-0.3, -0.25) is 9.52 Å². The fourth-order valence-electron chi connectivity index (χ4n) is 3.65. The fourth-order valence-corrected chi connectivity index (χ4v) is 5.24. The van der Waals surface area contributed by atoms with Crippen molar-refractivity contribution in [3.8, 4) is 0 Å². The van der Waals surface area contributed by atoms with Crippen LogP contribution in [0.4, 0.5) is 11.4 Å². The average Bonchev–Trinajstić information content (AvgIpc) is 3.33. The van der Waals surface area contributed by atoms with Crippen molar-refractivity contribution in [1.29, 1.82) is 0 Å². The molecule has 166 valence electrons. The predicted molar refractivity (Wildman–Crippen MR) is 128 cm³/mol. The van der Waals surface area contributed by atoms with E-state index in [9.17, 15) is 13.2 Å². The summed E-state index contributed by atoms with van der Waals surface area (Å²) in [6, 6.07) is 20.8. The summed E-state index contributed by atoms with van der Waals surface area (Å²) < 4.78 is 28.1. The Balaban J connectivity index is 1.44. The molecular formula is C24H24ClN3O3S. The van der Waals surface area contributed by atoms with Crippen LogP contribution in [0, 0.1) is 0 Å². The molecule has 3 aromatic carbocycles. The van der Waals surface area contributed by atoms with Gasteiger partial charge < -0.3 is 10.2 Å². The van der Waals surface area contributed by atoms with Gasteiger partial charge in [0.05, 0.1) is 5.02 Å². The first-order valence-corrected chi connectivity index (χ1v) is 12.3. The Bertz CT molecular complexity index is 1190. The molecule has 0 bridgehead atoms. The smallest absolute Gasteiger partial charge is 0.263 e. The molecule has 4 rings (SSSR count). The molecule has 0 atom stereocenters. The Kier molecular flexibility index (Phi) is 6.67.